The lowest BCUT2D eigenvalue weighted by Gasteiger charge is -2.10. The largest absolute Gasteiger partial charge is 0.362 e. The summed E-state index contributed by atoms with van der Waals surface area (Å²) in [6.07, 6.45) is 6.41. The normalized spacial score (nSPS) is 10.5. The van der Waals surface area contributed by atoms with Crippen molar-refractivity contribution in [2.75, 3.05) is 6.54 Å². The zero-order chi connectivity index (χ0) is 17.2. The van der Waals surface area contributed by atoms with Crippen molar-refractivity contribution in [3.05, 3.63) is 48.0 Å². The molecule has 0 unspecified atom stereocenters. The van der Waals surface area contributed by atoms with Crippen LogP contribution in [0.15, 0.2) is 42.5 Å². The van der Waals surface area contributed by atoms with Crippen LogP contribution >= 0.6 is 12.2 Å². The summed E-state index contributed by atoms with van der Waals surface area (Å²) >= 11 is 5.20. The van der Waals surface area contributed by atoms with Crippen molar-refractivity contribution in [1.82, 2.24) is 10.6 Å². The standard InChI is InChI=1S/C20H26N2OS/c1-2-3-4-5-8-14-21-20(24)22-19(23)15-17-12-9-11-16-10-6-7-13-18(16)17/h6-7,9-13H,2-5,8,14-15H2,1H3,(H2,21,22,23,24). The number of benzene rings is 2. The molecule has 2 aromatic carbocycles. The summed E-state index contributed by atoms with van der Waals surface area (Å²) in [6.45, 7) is 3.02. The zero-order valence-corrected chi connectivity index (χ0v) is 15.1. The number of rotatable bonds is 8. The maximum Gasteiger partial charge on any atom is 0.230 e. The Hall–Kier alpha value is -1.94. The summed E-state index contributed by atoms with van der Waals surface area (Å²) < 4.78 is 0. The predicted octanol–water partition coefficient (Wildman–Crippen LogP) is 4.34. The van der Waals surface area contributed by atoms with Crippen LogP contribution in [0.5, 0.6) is 0 Å². The highest BCUT2D eigenvalue weighted by Crippen LogP contribution is 2.18. The Morgan fingerprint density at radius 1 is 1.00 bits per heavy atom. The van der Waals surface area contributed by atoms with Crippen LogP contribution in [0.25, 0.3) is 10.8 Å². The molecule has 2 rings (SSSR count). The minimum Gasteiger partial charge on any atom is -0.362 e. The fraction of sp³-hybridized carbons (Fsp3) is 0.400. The summed E-state index contributed by atoms with van der Waals surface area (Å²) in [5, 5.41) is 8.58. The van der Waals surface area contributed by atoms with Crippen LogP contribution in [0.4, 0.5) is 0 Å². The van der Waals surface area contributed by atoms with E-state index >= 15 is 0 Å². The molecule has 0 aliphatic rings. The number of hydrogen-bond donors (Lipinski definition) is 2. The molecule has 0 aliphatic carbocycles. The average Bonchev–Trinajstić information content (AvgIpc) is 2.58. The molecule has 0 bridgehead atoms. The highest BCUT2D eigenvalue weighted by Gasteiger charge is 2.08. The van der Waals surface area contributed by atoms with E-state index < -0.39 is 0 Å². The number of nitrogens with one attached hydrogen (secondary N) is 2. The van der Waals surface area contributed by atoms with Crippen molar-refractivity contribution < 1.29 is 4.79 Å². The van der Waals surface area contributed by atoms with Gasteiger partial charge in [0, 0.05) is 6.54 Å². The number of unbranched alkanes of at least 4 members (excludes halogenated alkanes) is 4. The molecule has 2 aromatic rings. The quantitative estimate of drug-likeness (QED) is 0.554. The molecule has 3 nitrogen and oxygen atoms in total. The number of amides is 1. The van der Waals surface area contributed by atoms with Gasteiger partial charge in [-0.15, -0.1) is 0 Å². The molecule has 128 valence electrons. The first-order valence-electron chi connectivity index (χ1n) is 8.75. The van der Waals surface area contributed by atoms with E-state index in [-0.39, 0.29) is 5.91 Å². The maximum atomic E-state index is 12.2. The van der Waals surface area contributed by atoms with Crippen LogP contribution in [0, 0.1) is 0 Å². The van der Waals surface area contributed by atoms with Gasteiger partial charge in [-0.1, -0.05) is 75.1 Å². The van der Waals surface area contributed by atoms with Gasteiger partial charge in [-0.3, -0.25) is 4.79 Å². The monoisotopic (exact) mass is 342 g/mol. The summed E-state index contributed by atoms with van der Waals surface area (Å²) in [7, 11) is 0. The molecule has 0 atom stereocenters. The Kier molecular flexibility index (Phi) is 7.69. The van der Waals surface area contributed by atoms with E-state index in [4.69, 9.17) is 12.2 Å². The van der Waals surface area contributed by atoms with E-state index in [0.717, 1.165) is 29.3 Å². The van der Waals surface area contributed by atoms with Crippen LogP contribution in [0.3, 0.4) is 0 Å². The third kappa shape index (κ3) is 5.93. The van der Waals surface area contributed by atoms with E-state index in [0.29, 0.717) is 11.5 Å². The van der Waals surface area contributed by atoms with Gasteiger partial charge >= 0.3 is 0 Å². The van der Waals surface area contributed by atoms with Crippen molar-refractivity contribution >= 4 is 34.0 Å². The topological polar surface area (TPSA) is 41.1 Å². The Bertz CT molecular complexity index is 679. The fourth-order valence-corrected chi connectivity index (χ4v) is 2.98. The molecule has 2 N–H and O–H groups in total. The van der Waals surface area contributed by atoms with E-state index in [9.17, 15) is 4.79 Å². The lowest BCUT2D eigenvalue weighted by molar-refractivity contribution is -0.119. The van der Waals surface area contributed by atoms with Crippen molar-refractivity contribution in [1.29, 1.82) is 0 Å². The molecule has 0 saturated carbocycles. The highest BCUT2D eigenvalue weighted by atomic mass is 32.1. The third-order valence-electron chi connectivity index (χ3n) is 4.05. The van der Waals surface area contributed by atoms with Crippen molar-refractivity contribution in [2.24, 2.45) is 0 Å². The number of hydrogen-bond acceptors (Lipinski definition) is 2. The second-order valence-electron chi connectivity index (χ2n) is 6.03. The van der Waals surface area contributed by atoms with E-state index in [1.54, 1.807) is 0 Å². The number of carbonyl (C=O) groups excluding carboxylic acids is 1. The van der Waals surface area contributed by atoms with Gasteiger partial charge < -0.3 is 10.6 Å². The van der Waals surface area contributed by atoms with Crippen LogP contribution in [0.2, 0.25) is 0 Å². The van der Waals surface area contributed by atoms with Gasteiger partial charge in [0.25, 0.3) is 0 Å². The summed E-state index contributed by atoms with van der Waals surface area (Å²) in [6, 6.07) is 14.1. The third-order valence-corrected chi connectivity index (χ3v) is 4.30. The Balaban J connectivity index is 1.77. The van der Waals surface area contributed by atoms with Gasteiger partial charge in [0.05, 0.1) is 6.42 Å². The summed E-state index contributed by atoms with van der Waals surface area (Å²) in [5.74, 6) is -0.0742. The molecule has 0 aromatic heterocycles. The predicted molar refractivity (Wildman–Crippen MR) is 105 cm³/mol. The minimum atomic E-state index is -0.0742. The van der Waals surface area contributed by atoms with Gasteiger partial charge in [0.2, 0.25) is 5.91 Å². The molecular formula is C20H26N2OS. The average molecular weight is 343 g/mol. The van der Waals surface area contributed by atoms with E-state index in [2.05, 4.69) is 29.7 Å². The van der Waals surface area contributed by atoms with Crippen molar-refractivity contribution in [2.45, 2.75) is 45.4 Å². The first-order chi connectivity index (χ1) is 11.7. The minimum absolute atomic E-state index is 0.0742. The first kappa shape index (κ1) is 18.4. The maximum absolute atomic E-state index is 12.2. The number of fused-ring (bicyclic) bond motifs is 1. The lowest BCUT2D eigenvalue weighted by Crippen LogP contribution is -2.40. The van der Waals surface area contributed by atoms with Crippen LogP contribution in [-0.2, 0) is 11.2 Å². The molecule has 0 heterocycles. The van der Waals surface area contributed by atoms with Gasteiger partial charge in [-0.2, -0.15) is 0 Å². The van der Waals surface area contributed by atoms with Crippen molar-refractivity contribution in [3.63, 3.8) is 0 Å². The van der Waals surface area contributed by atoms with Crippen LogP contribution in [-0.4, -0.2) is 17.6 Å². The summed E-state index contributed by atoms with van der Waals surface area (Å²) in [5.41, 5.74) is 1.02. The van der Waals surface area contributed by atoms with Gasteiger partial charge in [0.15, 0.2) is 5.11 Å². The van der Waals surface area contributed by atoms with Crippen LogP contribution < -0.4 is 10.6 Å². The van der Waals surface area contributed by atoms with E-state index in [1.165, 1.54) is 25.7 Å². The fourth-order valence-electron chi connectivity index (χ4n) is 2.77. The highest BCUT2D eigenvalue weighted by molar-refractivity contribution is 7.80. The van der Waals surface area contributed by atoms with Gasteiger partial charge in [0.1, 0.15) is 0 Å². The van der Waals surface area contributed by atoms with Crippen LogP contribution in [0.1, 0.15) is 44.6 Å². The second-order valence-corrected chi connectivity index (χ2v) is 6.44. The molecular weight excluding hydrogens is 316 g/mol. The summed E-state index contributed by atoms with van der Waals surface area (Å²) in [4.78, 5) is 12.2. The molecule has 24 heavy (non-hydrogen) atoms. The van der Waals surface area contributed by atoms with Crippen molar-refractivity contribution in [3.8, 4) is 0 Å². The number of carbonyl (C=O) groups is 1. The lowest BCUT2D eigenvalue weighted by atomic mass is 10.0. The van der Waals surface area contributed by atoms with Gasteiger partial charge in [-0.05, 0) is 35.0 Å². The zero-order valence-electron chi connectivity index (χ0n) is 14.3. The molecule has 0 radical (unpaired) electrons. The van der Waals surface area contributed by atoms with Gasteiger partial charge in [-0.25, -0.2) is 0 Å². The Morgan fingerprint density at radius 3 is 2.58 bits per heavy atom. The first-order valence-corrected chi connectivity index (χ1v) is 9.16. The molecule has 4 heteroatoms. The Morgan fingerprint density at radius 2 is 1.75 bits per heavy atom. The molecule has 0 saturated heterocycles. The SMILES string of the molecule is CCCCCCCNC(=S)NC(=O)Cc1cccc2ccccc12. The Labute approximate surface area is 149 Å². The smallest absolute Gasteiger partial charge is 0.230 e. The van der Waals surface area contributed by atoms with E-state index in [1.807, 2.05) is 30.3 Å². The number of thiocarbonyl (C=S) groups is 1. The molecule has 0 spiro atoms. The second kappa shape index (κ2) is 10.0. The molecule has 1 amide bonds. The molecule has 0 fully saturated rings. The molecule has 0 aliphatic heterocycles.